The zero-order valence-electron chi connectivity index (χ0n) is 16.6. The summed E-state index contributed by atoms with van der Waals surface area (Å²) in [6.45, 7) is 6.82. The van der Waals surface area contributed by atoms with Gasteiger partial charge in [0.2, 0.25) is 0 Å². The normalized spacial score (nSPS) is 18.7. The summed E-state index contributed by atoms with van der Waals surface area (Å²) in [6.07, 6.45) is 3.23. The lowest BCUT2D eigenvalue weighted by atomic mass is 9.85. The topological polar surface area (TPSA) is 91.8 Å². The zero-order valence-corrected chi connectivity index (χ0v) is 16.6. The highest BCUT2D eigenvalue weighted by atomic mass is 16.5. The van der Waals surface area contributed by atoms with Crippen molar-refractivity contribution in [2.24, 2.45) is 0 Å². The van der Waals surface area contributed by atoms with Crippen molar-refractivity contribution in [2.45, 2.75) is 45.7 Å². The van der Waals surface area contributed by atoms with Crippen LogP contribution in [0.5, 0.6) is 0 Å². The molecule has 0 bridgehead atoms. The van der Waals surface area contributed by atoms with Gasteiger partial charge in [-0.15, -0.1) is 0 Å². The van der Waals surface area contributed by atoms with E-state index in [9.17, 15) is 9.59 Å². The molecule has 0 unspecified atom stereocenters. The maximum absolute atomic E-state index is 12.4. The van der Waals surface area contributed by atoms with Crippen molar-refractivity contribution in [3.05, 3.63) is 35.5 Å². The van der Waals surface area contributed by atoms with Gasteiger partial charge in [-0.05, 0) is 45.4 Å². The largest absolute Gasteiger partial charge is 0.480 e. The van der Waals surface area contributed by atoms with Crippen LogP contribution in [0.4, 0.5) is 5.69 Å². The minimum Gasteiger partial charge on any atom is -0.480 e. The van der Waals surface area contributed by atoms with E-state index in [1.165, 1.54) is 0 Å². The molecule has 28 heavy (non-hydrogen) atoms. The van der Waals surface area contributed by atoms with E-state index < -0.39 is 11.9 Å². The second-order valence-electron chi connectivity index (χ2n) is 7.21. The van der Waals surface area contributed by atoms with Crippen molar-refractivity contribution in [3.8, 4) is 0 Å². The van der Waals surface area contributed by atoms with Crippen LogP contribution in [0.3, 0.4) is 0 Å². The second kappa shape index (κ2) is 8.56. The fourth-order valence-electron chi connectivity index (χ4n) is 3.71. The summed E-state index contributed by atoms with van der Waals surface area (Å²) in [5.41, 5.74) is 3.08. The molecule has 0 spiro atoms. The maximum atomic E-state index is 12.4. The molecule has 1 aliphatic carbocycles. The molecule has 1 aliphatic rings. The highest BCUT2D eigenvalue weighted by Crippen LogP contribution is 2.33. The van der Waals surface area contributed by atoms with Crippen LogP contribution in [0.2, 0.25) is 0 Å². The lowest BCUT2D eigenvalue weighted by Crippen LogP contribution is -2.51. The number of carbonyl (C=O) groups excluding carboxylic acids is 1. The Balaban J connectivity index is 1.83. The predicted molar refractivity (Wildman–Crippen MR) is 108 cm³/mol. The second-order valence-corrected chi connectivity index (χ2v) is 7.21. The molecule has 2 aromatic rings. The van der Waals surface area contributed by atoms with E-state index in [0.29, 0.717) is 18.7 Å². The number of hydrogen-bond donors (Lipinski definition) is 2. The predicted octanol–water partition coefficient (Wildman–Crippen LogP) is 3.07. The van der Waals surface area contributed by atoms with Crippen molar-refractivity contribution in [1.29, 1.82) is 0 Å². The molecule has 1 saturated carbocycles. The van der Waals surface area contributed by atoms with Crippen LogP contribution in [0.15, 0.2) is 24.4 Å². The Bertz CT molecular complexity index is 877. The number of aliphatic carboxylic acids is 1. The van der Waals surface area contributed by atoms with Crippen LogP contribution < -0.4 is 5.32 Å². The molecule has 1 fully saturated rings. The molecule has 1 aromatic carbocycles. The first-order valence-electron chi connectivity index (χ1n) is 9.71. The minimum absolute atomic E-state index is 0.0549. The number of nitrogens with zero attached hydrogens (tertiary/aromatic N) is 2. The number of benzene rings is 1. The molecule has 0 atom stereocenters. The molecular weight excluding hydrogens is 358 g/mol. The quantitative estimate of drug-likeness (QED) is 0.675. The molecule has 0 amide bonds. The summed E-state index contributed by atoms with van der Waals surface area (Å²) in [5.74, 6) is -1.20. The number of fused-ring (bicyclic) bond motifs is 1. The first-order valence-corrected chi connectivity index (χ1v) is 9.71. The average molecular weight is 385 g/mol. The lowest BCUT2D eigenvalue weighted by Gasteiger charge is -2.43. The number of carboxylic acid groups (broad SMARTS) is 1. The number of aryl methyl sites for hydroxylation is 1. The molecule has 1 aromatic heterocycles. The van der Waals surface area contributed by atoms with Crippen LogP contribution in [0.1, 0.15) is 42.6 Å². The summed E-state index contributed by atoms with van der Waals surface area (Å²) < 4.78 is 5.21. The molecule has 7 heteroatoms. The maximum Gasteiger partial charge on any atom is 0.341 e. The Hall–Kier alpha value is -2.67. The first kappa shape index (κ1) is 20.1. The van der Waals surface area contributed by atoms with Gasteiger partial charge in [0.1, 0.15) is 5.56 Å². The van der Waals surface area contributed by atoms with E-state index in [-0.39, 0.29) is 18.6 Å². The van der Waals surface area contributed by atoms with Crippen molar-refractivity contribution >= 4 is 28.5 Å². The summed E-state index contributed by atoms with van der Waals surface area (Å²) in [4.78, 5) is 29.9. The van der Waals surface area contributed by atoms with E-state index in [1.807, 2.05) is 36.9 Å². The third-order valence-corrected chi connectivity index (χ3v) is 5.24. The smallest absolute Gasteiger partial charge is 0.341 e. The number of rotatable bonds is 8. The highest BCUT2D eigenvalue weighted by molar-refractivity contribution is 6.05. The Labute approximate surface area is 164 Å². The number of likely N-dealkylation sites (N-methyl/N-ethyl adjacent to an activating group) is 1. The number of anilines is 1. The van der Waals surface area contributed by atoms with Gasteiger partial charge in [0, 0.05) is 23.7 Å². The lowest BCUT2D eigenvalue weighted by molar-refractivity contribution is -0.139. The van der Waals surface area contributed by atoms with Gasteiger partial charge in [0.25, 0.3) is 0 Å². The van der Waals surface area contributed by atoms with Gasteiger partial charge in [-0.25, -0.2) is 4.79 Å². The fourth-order valence-corrected chi connectivity index (χ4v) is 3.71. The van der Waals surface area contributed by atoms with Crippen molar-refractivity contribution in [2.75, 3.05) is 25.0 Å². The van der Waals surface area contributed by atoms with Crippen LogP contribution in [-0.4, -0.2) is 58.7 Å². The standard InChI is InChI=1S/C21H27N3O4/c1-4-24(12-19(25)26)15-9-14(10-15)23-20-16-8-13(3)6-7-18(16)22-11-17(20)21(27)28-5-2/h6-8,11,14-15H,4-5,9-10,12H2,1-3H3,(H,22,23)(H,25,26). The van der Waals surface area contributed by atoms with Gasteiger partial charge in [-0.1, -0.05) is 18.6 Å². The van der Waals surface area contributed by atoms with Gasteiger partial charge < -0.3 is 15.2 Å². The molecule has 0 aliphatic heterocycles. The SMILES string of the molecule is CCOC(=O)c1cnc2ccc(C)cc2c1NC1CC(N(CC)CC(=O)O)C1. The van der Waals surface area contributed by atoms with Crippen LogP contribution >= 0.6 is 0 Å². The van der Waals surface area contributed by atoms with E-state index >= 15 is 0 Å². The molecule has 150 valence electrons. The fraction of sp³-hybridized carbons (Fsp3) is 0.476. The van der Waals surface area contributed by atoms with E-state index in [4.69, 9.17) is 9.84 Å². The van der Waals surface area contributed by atoms with Gasteiger partial charge in [0.05, 0.1) is 24.4 Å². The van der Waals surface area contributed by atoms with Gasteiger partial charge in [-0.2, -0.15) is 0 Å². The van der Waals surface area contributed by atoms with Gasteiger partial charge >= 0.3 is 11.9 Å². The minimum atomic E-state index is -0.807. The zero-order chi connectivity index (χ0) is 20.3. The number of esters is 1. The molecule has 0 saturated heterocycles. The number of carbonyl (C=O) groups is 2. The van der Waals surface area contributed by atoms with E-state index in [1.54, 1.807) is 13.1 Å². The van der Waals surface area contributed by atoms with Crippen LogP contribution in [0, 0.1) is 6.92 Å². The Kier molecular flexibility index (Phi) is 6.14. The average Bonchev–Trinajstić information content (AvgIpc) is 2.62. The molecule has 2 N–H and O–H groups in total. The van der Waals surface area contributed by atoms with Crippen LogP contribution in [-0.2, 0) is 9.53 Å². The molecule has 7 nitrogen and oxygen atoms in total. The monoisotopic (exact) mass is 385 g/mol. The van der Waals surface area contributed by atoms with Crippen LogP contribution in [0.25, 0.3) is 10.9 Å². The van der Waals surface area contributed by atoms with Gasteiger partial charge in [0.15, 0.2) is 0 Å². The number of aromatic nitrogens is 1. The first-order chi connectivity index (χ1) is 13.4. The van der Waals surface area contributed by atoms with Crippen molar-refractivity contribution in [3.63, 3.8) is 0 Å². The third kappa shape index (κ3) is 4.25. The highest BCUT2D eigenvalue weighted by Gasteiger charge is 2.34. The number of hydrogen-bond acceptors (Lipinski definition) is 6. The summed E-state index contributed by atoms with van der Waals surface area (Å²) >= 11 is 0. The molecule has 1 heterocycles. The summed E-state index contributed by atoms with van der Waals surface area (Å²) in [6, 6.07) is 6.37. The van der Waals surface area contributed by atoms with Crippen molar-refractivity contribution in [1.82, 2.24) is 9.88 Å². The summed E-state index contributed by atoms with van der Waals surface area (Å²) in [7, 11) is 0. The Morgan fingerprint density at radius 2 is 2.07 bits per heavy atom. The number of carboxylic acids is 1. The molecule has 3 rings (SSSR count). The number of pyridine rings is 1. The number of nitrogens with one attached hydrogen (secondary N) is 1. The van der Waals surface area contributed by atoms with Gasteiger partial charge in [-0.3, -0.25) is 14.7 Å². The Morgan fingerprint density at radius 1 is 1.32 bits per heavy atom. The van der Waals surface area contributed by atoms with Crippen molar-refractivity contribution < 1.29 is 19.4 Å². The van der Waals surface area contributed by atoms with E-state index in [0.717, 1.165) is 35.0 Å². The third-order valence-electron chi connectivity index (χ3n) is 5.24. The van der Waals surface area contributed by atoms with E-state index in [2.05, 4.69) is 10.3 Å². The molecular formula is C21H27N3O4. The molecule has 0 radical (unpaired) electrons. The summed E-state index contributed by atoms with van der Waals surface area (Å²) in [5, 5.41) is 13.5. The Morgan fingerprint density at radius 3 is 2.71 bits per heavy atom. The number of ether oxygens (including phenoxy) is 1.